The van der Waals surface area contributed by atoms with Gasteiger partial charge in [0.05, 0.1) is 20.8 Å². The zero-order valence-corrected chi connectivity index (χ0v) is 19.2. The number of nitrogens with one attached hydrogen (secondary N) is 2. The largest absolute Gasteiger partial charge is 0.389 e. The van der Waals surface area contributed by atoms with Crippen LogP contribution in [0.25, 0.3) is 32.1 Å². The maximum absolute atomic E-state index is 16.1. The van der Waals surface area contributed by atoms with Gasteiger partial charge in [-0.05, 0) is 30.5 Å². The number of nitriles is 1. The van der Waals surface area contributed by atoms with Crippen LogP contribution in [-0.4, -0.2) is 35.1 Å². The molecule has 2 aromatic carbocycles. The Morgan fingerprint density at radius 3 is 2.71 bits per heavy atom. The van der Waals surface area contributed by atoms with Crippen molar-refractivity contribution in [1.29, 1.82) is 5.26 Å². The van der Waals surface area contributed by atoms with Gasteiger partial charge in [0.15, 0.2) is 5.82 Å². The lowest BCUT2D eigenvalue weighted by Crippen LogP contribution is -2.51. The number of hydrogen-bond acceptors (Lipinski definition) is 7. The smallest absolute Gasteiger partial charge is 0.347 e. The fourth-order valence-electron chi connectivity index (χ4n) is 5.18. The van der Waals surface area contributed by atoms with Gasteiger partial charge < -0.3 is 20.9 Å². The molecule has 6 rings (SSSR count). The highest BCUT2D eigenvalue weighted by Crippen LogP contribution is 2.45. The van der Waals surface area contributed by atoms with Gasteiger partial charge in [-0.15, -0.1) is 11.3 Å². The van der Waals surface area contributed by atoms with Crippen LogP contribution in [0.1, 0.15) is 18.4 Å². The SMILES string of the molecule is N#Cc1c(N)sc2c(F)ccc(-c3c(Cl)cc4c(N5CC6CCC(C5)N6)nc(=O)[nH]c4c3F)c12. The van der Waals surface area contributed by atoms with Crippen molar-refractivity contribution >= 4 is 54.7 Å². The number of H-pyrrole nitrogens is 1. The van der Waals surface area contributed by atoms with Crippen molar-refractivity contribution in [3.05, 3.63) is 50.9 Å². The second-order valence-corrected chi connectivity index (χ2v) is 10.1. The number of hydrogen-bond donors (Lipinski definition) is 3. The van der Waals surface area contributed by atoms with E-state index in [1.807, 2.05) is 11.0 Å². The monoisotopic (exact) mass is 498 g/mol. The lowest BCUT2D eigenvalue weighted by molar-refractivity contribution is 0.464. The normalized spacial score (nSPS) is 19.8. The molecule has 2 saturated heterocycles. The van der Waals surface area contributed by atoms with E-state index < -0.39 is 17.3 Å². The molecule has 0 aliphatic carbocycles. The van der Waals surface area contributed by atoms with E-state index in [9.17, 15) is 14.4 Å². The van der Waals surface area contributed by atoms with E-state index in [4.69, 9.17) is 17.3 Å². The number of thiophene rings is 1. The molecule has 4 heterocycles. The molecule has 0 saturated carbocycles. The number of aromatic amines is 1. The van der Waals surface area contributed by atoms with Gasteiger partial charge in [-0.3, -0.25) is 0 Å². The summed E-state index contributed by atoms with van der Waals surface area (Å²) in [6, 6.07) is 6.68. The number of halogens is 3. The first-order chi connectivity index (χ1) is 16.4. The Labute approximate surface area is 200 Å². The molecule has 2 fully saturated rings. The van der Waals surface area contributed by atoms with E-state index in [0.717, 1.165) is 24.2 Å². The van der Waals surface area contributed by atoms with Crippen molar-refractivity contribution in [3.8, 4) is 17.2 Å². The molecule has 2 aromatic heterocycles. The van der Waals surface area contributed by atoms with Crippen LogP contribution in [0.5, 0.6) is 0 Å². The van der Waals surface area contributed by atoms with E-state index in [1.54, 1.807) is 6.07 Å². The van der Waals surface area contributed by atoms with Crippen LogP contribution >= 0.6 is 22.9 Å². The minimum absolute atomic E-state index is 0.0401. The molecule has 172 valence electrons. The Hall–Kier alpha value is -3.26. The Kier molecular flexibility index (Phi) is 4.78. The topological polar surface area (TPSA) is 111 Å². The highest BCUT2D eigenvalue weighted by atomic mass is 35.5. The highest BCUT2D eigenvalue weighted by molar-refractivity contribution is 7.23. The first-order valence-corrected chi connectivity index (χ1v) is 11.9. The van der Waals surface area contributed by atoms with Crippen molar-refractivity contribution < 1.29 is 8.78 Å². The molecule has 0 spiro atoms. The summed E-state index contributed by atoms with van der Waals surface area (Å²) in [5.74, 6) is -0.961. The second-order valence-electron chi connectivity index (χ2n) is 8.63. The van der Waals surface area contributed by atoms with Crippen LogP contribution in [0, 0.1) is 23.0 Å². The fraction of sp³-hybridized carbons (Fsp3) is 0.261. The minimum Gasteiger partial charge on any atom is -0.389 e. The summed E-state index contributed by atoms with van der Waals surface area (Å²) in [6.07, 6.45) is 2.07. The molecule has 2 bridgehead atoms. The van der Waals surface area contributed by atoms with Gasteiger partial charge in [0.25, 0.3) is 0 Å². The lowest BCUT2D eigenvalue weighted by atomic mass is 9.97. The Bertz CT molecular complexity index is 1600. The van der Waals surface area contributed by atoms with Crippen molar-refractivity contribution in [3.63, 3.8) is 0 Å². The van der Waals surface area contributed by atoms with Gasteiger partial charge in [0.1, 0.15) is 22.7 Å². The third-order valence-corrected chi connectivity index (χ3v) is 7.94. The van der Waals surface area contributed by atoms with E-state index in [1.165, 1.54) is 12.1 Å². The lowest BCUT2D eigenvalue weighted by Gasteiger charge is -2.34. The number of piperazine rings is 1. The number of anilines is 2. The van der Waals surface area contributed by atoms with Gasteiger partial charge in [-0.1, -0.05) is 17.7 Å². The Morgan fingerprint density at radius 2 is 2.00 bits per heavy atom. The summed E-state index contributed by atoms with van der Waals surface area (Å²) in [4.78, 5) is 21.1. The summed E-state index contributed by atoms with van der Waals surface area (Å²) in [5.41, 5.74) is 5.46. The van der Waals surface area contributed by atoms with Crippen LogP contribution in [-0.2, 0) is 0 Å². The predicted molar refractivity (Wildman–Crippen MR) is 129 cm³/mol. The molecular weight excluding hydrogens is 482 g/mol. The van der Waals surface area contributed by atoms with Crippen molar-refractivity contribution in [1.82, 2.24) is 15.3 Å². The number of nitrogens with zero attached hydrogens (tertiary/aromatic N) is 3. The Morgan fingerprint density at radius 1 is 1.26 bits per heavy atom. The number of nitrogen functional groups attached to an aromatic ring is 1. The molecule has 2 atom stereocenters. The highest BCUT2D eigenvalue weighted by Gasteiger charge is 2.34. The molecule has 7 nitrogen and oxygen atoms in total. The van der Waals surface area contributed by atoms with Crippen molar-refractivity contribution in [2.24, 2.45) is 0 Å². The number of aromatic nitrogens is 2. The number of nitrogens with two attached hydrogens (primary N) is 1. The standard InChI is InChI=1S/C23H17ClF2N6OS/c24-14-5-12-19(30-23(33)31-22(12)32-7-9-1-2-10(8-32)29-9)18(26)17(14)11-3-4-15(25)20-16(11)13(6-27)21(28)34-20/h3-5,9-10,29H,1-2,7-8,28H2,(H,30,31,33). The first kappa shape index (κ1) is 21.3. The van der Waals surface area contributed by atoms with Crippen LogP contribution < -0.4 is 21.6 Å². The molecule has 0 amide bonds. The summed E-state index contributed by atoms with van der Waals surface area (Å²) < 4.78 is 30.7. The van der Waals surface area contributed by atoms with Crippen LogP contribution in [0.4, 0.5) is 19.6 Å². The third-order valence-electron chi connectivity index (χ3n) is 6.61. The van der Waals surface area contributed by atoms with Gasteiger partial charge >= 0.3 is 5.69 Å². The molecular formula is C23H17ClF2N6OS. The maximum Gasteiger partial charge on any atom is 0.347 e. The van der Waals surface area contributed by atoms with E-state index in [2.05, 4.69) is 15.3 Å². The average molecular weight is 499 g/mol. The quantitative estimate of drug-likeness (QED) is 0.383. The van der Waals surface area contributed by atoms with Gasteiger partial charge in [-0.25, -0.2) is 13.6 Å². The minimum atomic E-state index is -0.775. The van der Waals surface area contributed by atoms with Gasteiger partial charge in [0.2, 0.25) is 0 Å². The summed E-state index contributed by atoms with van der Waals surface area (Å²) >= 11 is 7.53. The second kappa shape index (κ2) is 7.63. The van der Waals surface area contributed by atoms with Crippen molar-refractivity contribution in [2.75, 3.05) is 23.7 Å². The number of fused-ring (bicyclic) bond motifs is 4. The average Bonchev–Trinajstić information content (AvgIpc) is 3.33. The zero-order chi connectivity index (χ0) is 23.7. The van der Waals surface area contributed by atoms with Gasteiger partial charge in [-0.2, -0.15) is 10.2 Å². The van der Waals surface area contributed by atoms with E-state index in [0.29, 0.717) is 24.3 Å². The summed E-state index contributed by atoms with van der Waals surface area (Å²) in [7, 11) is 0. The van der Waals surface area contributed by atoms with E-state index in [-0.39, 0.29) is 54.4 Å². The molecule has 4 N–H and O–H groups in total. The Balaban J connectivity index is 1.62. The van der Waals surface area contributed by atoms with Gasteiger partial charge in [0, 0.05) is 41.5 Å². The van der Waals surface area contributed by atoms with Crippen LogP contribution in [0.2, 0.25) is 5.02 Å². The van der Waals surface area contributed by atoms with E-state index >= 15 is 4.39 Å². The fourth-order valence-corrected chi connectivity index (χ4v) is 6.42. The third kappa shape index (κ3) is 3.08. The molecule has 2 aliphatic heterocycles. The molecule has 11 heteroatoms. The summed E-state index contributed by atoms with van der Waals surface area (Å²) in [6.45, 7) is 1.31. The molecule has 4 aromatic rings. The molecule has 0 radical (unpaired) electrons. The van der Waals surface area contributed by atoms with Crippen molar-refractivity contribution in [2.45, 2.75) is 24.9 Å². The molecule has 2 aliphatic rings. The number of rotatable bonds is 2. The number of benzene rings is 2. The maximum atomic E-state index is 16.1. The molecule has 34 heavy (non-hydrogen) atoms. The first-order valence-electron chi connectivity index (χ1n) is 10.7. The predicted octanol–water partition coefficient (Wildman–Crippen LogP) is 4.13. The zero-order valence-electron chi connectivity index (χ0n) is 17.6. The van der Waals surface area contributed by atoms with Crippen LogP contribution in [0.15, 0.2) is 23.0 Å². The molecule has 2 unspecified atom stereocenters. The van der Waals surface area contributed by atoms with Crippen LogP contribution in [0.3, 0.4) is 0 Å². The summed E-state index contributed by atoms with van der Waals surface area (Å²) in [5, 5.41) is 13.9.